The van der Waals surface area contributed by atoms with Crippen molar-refractivity contribution in [3.63, 3.8) is 0 Å². The Morgan fingerprint density at radius 3 is 3.05 bits per heavy atom. The van der Waals surface area contributed by atoms with Crippen LogP contribution in [0.15, 0.2) is 34.1 Å². The first-order valence-corrected chi connectivity index (χ1v) is 6.14. The molecular formula is C13H14N2O4. The van der Waals surface area contributed by atoms with E-state index in [9.17, 15) is 4.79 Å². The average molecular weight is 262 g/mol. The van der Waals surface area contributed by atoms with Gasteiger partial charge < -0.3 is 18.8 Å². The first-order chi connectivity index (χ1) is 9.28. The molecule has 1 aliphatic carbocycles. The Bertz CT molecular complexity index is 628. The van der Waals surface area contributed by atoms with Crippen molar-refractivity contribution < 1.29 is 14.3 Å². The molecule has 0 atom stereocenters. The number of rotatable bonds is 5. The van der Waals surface area contributed by atoms with E-state index < -0.39 is 0 Å². The topological polar surface area (TPSA) is 77.5 Å². The van der Waals surface area contributed by atoms with Crippen molar-refractivity contribution in [3.05, 3.63) is 46.5 Å². The molecule has 0 amide bonds. The Hall–Kier alpha value is -2.08. The Morgan fingerprint density at radius 2 is 2.37 bits per heavy atom. The number of aliphatic hydroxyl groups excluding tert-OH is 1. The predicted octanol–water partition coefficient (Wildman–Crippen LogP) is 1.24. The van der Waals surface area contributed by atoms with E-state index in [0.717, 1.165) is 18.5 Å². The summed E-state index contributed by atoms with van der Waals surface area (Å²) >= 11 is 0. The number of hydrogen-bond acceptors (Lipinski definition) is 5. The molecule has 1 N–H and O–H groups in total. The maximum absolute atomic E-state index is 11.7. The SMILES string of the molecule is O=c1cc(CO)occ1OCc1cncn1C1CC1. The first kappa shape index (κ1) is 12.0. The van der Waals surface area contributed by atoms with Gasteiger partial charge in [0, 0.05) is 12.1 Å². The van der Waals surface area contributed by atoms with Crippen molar-refractivity contribution in [2.75, 3.05) is 0 Å². The third kappa shape index (κ3) is 2.53. The number of nitrogens with zero attached hydrogens (tertiary/aromatic N) is 2. The molecule has 0 bridgehead atoms. The van der Waals surface area contributed by atoms with E-state index in [0.29, 0.717) is 6.04 Å². The van der Waals surface area contributed by atoms with Gasteiger partial charge in [0.05, 0.1) is 18.2 Å². The number of imidazole rings is 1. The molecule has 1 aliphatic rings. The van der Waals surface area contributed by atoms with Crippen LogP contribution in [0.25, 0.3) is 0 Å². The minimum absolute atomic E-state index is 0.140. The lowest BCUT2D eigenvalue weighted by molar-refractivity contribution is 0.235. The van der Waals surface area contributed by atoms with Crippen molar-refractivity contribution in [2.24, 2.45) is 0 Å². The summed E-state index contributed by atoms with van der Waals surface area (Å²) in [6.45, 7) is -0.0241. The van der Waals surface area contributed by atoms with Gasteiger partial charge in [-0.05, 0) is 12.8 Å². The molecule has 100 valence electrons. The van der Waals surface area contributed by atoms with E-state index >= 15 is 0 Å². The number of aromatic nitrogens is 2. The predicted molar refractivity (Wildman–Crippen MR) is 65.7 cm³/mol. The molecule has 2 heterocycles. The highest BCUT2D eigenvalue weighted by atomic mass is 16.5. The molecule has 0 aliphatic heterocycles. The summed E-state index contributed by atoms with van der Waals surface area (Å²) in [5, 5.41) is 8.85. The maximum Gasteiger partial charge on any atom is 0.227 e. The largest absolute Gasteiger partial charge is 0.480 e. The van der Waals surface area contributed by atoms with Crippen molar-refractivity contribution in [1.82, 2.24) is 9.55 Å². The molecule has 0 unspecified atom stereocenters. The summed E-state index contributed by atoms with van der Waals surface area (Å²) in [6, 6.07) is 1.75. The van der Waals surface area contributed by atoms with Crippen molar-refractivity contribution in [1.29, 1.82) is 0 Å². The van der Waals surface area contributed by atoms with Gasteiger partial charge in [-0.15, -0.1) is 0 Å². The Balaban J connectivity index is 1.72. The van der Waals surface area contributed by atoms with Crippen LogP contribution in [-0.2, 0) is 13.2 Å². The highest BCUT2D eigenvalue weighted by Gasteiger charge is 2.25. The highest BCUT2D eigenvalue weighted by molar-refractivity contribution is 5.18. The van der Waals surface area contributed by atoms with Gasteiger partial charge in [-0.25, -0.2) is 4.98 Å². The number of aliphatic hydroxyl groups is 1. The van der Waals surface area contributed by atoms with Crippen molar-refractivity contribution in [2.45, 2.75) is 32.1 Å². The molecule has 0 saturated heterocycles. The molecule has 1 saturated carbocycles. The molecule has 0 aromatic carbocycles. The first-order valence-electron chi connectivity index (χ1n) is 6.14. The molecular weight excluding hydrogens is 248 g/mol. The molecule has 6 nitrogen and oxygen atoms in total. The number of ether oxygens (including phenoxy) is 1. The second kappa shape index (κ2) is 4.89. The van der Waals surface area contributed by atoms with Crippen LogP contribution < -0.4 is 10.2 Å². The van der Waals surface area contributed by atoms with E-state index in [1.165, 1.54) is 12.3 Å². The summed E-state index contributed by atoms with van der Waals surface area (Å²) in [7, 11) is 0. The van der Waals surface area contributed by atoms with Crippen molar-refractivity contribution >= 4 is 0 Å². The smallest absolute Gasteiger partial charge is 0.227 e. The Morgan fingerprint density at radius 1 is 1.53 bits per heavy atom. The summed E-state index contributed by atoms with van der Waals surface area (Å²) < 4.78 is 12.6. The van der Waals surface area contributed by atoms with Crippen LogP contribution in [0.3, 0.4) is 0 Å². The Kier molecular flexibility index (Phi) is 3.08. The van der Waals surface area contributed by atoms with E-state index in [1.807, 2.05) is 0 Å². The summed E-state index contributed by atoms with van der Waals surface area (Å²) in [5.41, 5.74) is 0.640. The third-order valence-corrected chi connectivity index (χ3v) is 3.07. The zero-order valence-electron chi connectivity index (χ0n) is 10.3. The van der Waals surface area contributed by atoms with Gasteiger partial charge in [-0.2, -0.15) is 0 Å². The quantitative estimate of drug-likeness (QED) is 0.877. The Labute approximate surface area is 109 Å². The molecule has 6 heteroatoms. The van der Waals surface area contributed by atoms with E-state index in [2.05, 4.69) is 9.55 Å². The fourth-order valence-corrected chi connectivity index (χ4v) is 1.90. The maximum atomic E-state index is 11.7. The van der Waals surface area contributed by atoms with Gasteiger partial charge in [0.1, 0.15) is 25.2 Å². The lowest BCUT2D eigenvalue weighted by Gasteiger charge is -2.08. The van der Waals surface area contributed by atoms with E-state index in [-0.39, 0.29) is 30.2 Å². The second-order valence-electron chi connectivity index (χ2n) is 4.55. The molecule has 3 rings (SSSR count). The van der Waals surface area contributed by atoms with Gasteiger partial charge in [0.25, 0.3) is 0 Å². The van der Waals surface area contributed by atoms with Crippen LogP contribution in [0.2, 0.25) is 0 Å². The van der Waals surface area contributed by atoms with Crippen LogP contribution in [0, 0.1) is 0 Å². The molecule has 19 heavy (non-hydrogen) atoms. The van der Waals surface area contributed by atoms with Gasteiger partial charge in [0.2, 0.25) is 11.2 Å². The minimum Gasteiger partial charge on any atom is -0.480 e. The van der Waals surface area contributed by atoms with Crippen molar-refractivity contribution in [3.8, 4) is 5.75 Å². The van der Waals surface area contributed by atoms with E-state index in [4.69, 9.17) is 14.3 Å². The summed E-state index contributed by atoms with van der Waals surface area (Å²) in [6.07, 6.45) is 7.08. The lowest BCUT2D eigenvalue weighted by atomic mass is 10.4. The fourth-order valence-electron chi connectivity index (χ4n) is 1.90. The minimum atomic E-state index is -0.302. The molecule has 2 aromatic rings. The van der Waals surface area contributed by atoms with Crippen LogP contribution >= 0.6 is 0 Å². The standard InChI is InChI=1S/C13H14N2O4/c16-5-11-3-12(17)13(7-18-11)19-6-10-4-14-8-15(10)9-1-2-9/h3-4,7-9,16H,1-2,5-6H2. The van der Waals surface area contributed by atoms with Crippen LogP contribution in [0.4, 0.5) is 0 Å². The highest BCUT2D eigenvalue weighted by Crippen LogP contribution is 2.35. The zero-order chi connectivity index (χ0) is 13.2. The number of hydrogen-bond donors (Lipinski definition) is 1. The summed E-state index contributed by atoms with van der Waals surface area (Å²) in [5.74, 6) is 0.362. The molecule has 1 fully saturated rings. The zero-order valence-corrected chi connectivity index (χ0v) is 10.3. The second-order valence-corrected chi connectivity index (χ2v) is 4.55. The van der Waals surface area contributed by atoms with Crippen LogP contribution in [0.5, 0.6) is 5.75 Å². The fraction of sp³-hybridized carbons (Fsp3) is 0.385. The van der Waals surface area contributed by atoms with Gasteiger partial charge >= 0.3 is 0 Å². The normalized spacial score (nSPS) is 14.6. The monoisotopic (exact) mass is 262 g/mol. The van der Waals surface area contributed by atoms with Gasteiger partial charge in [0.15, 0.2) is 0 Å². The molecule has 2 aromatic heterocycles. The third-order valence-electron chi connectivity index (χ3n) is 3.07. The van der Waals surface area contributed by atoms with Gasteiger partial charge in [-0.1, -0.05) is 0 Å². The lowest BCUT2D eigenvalue weighted by Crippen LogP contribution is -2.10. The van der Waals surface area contributed by atoms with Crippen LogP contribution in [0.1, 0.15) is 30.3 Å². The molecule has 0 radical (unpaired) electrons. The average Bonchev–Trinajstić information content (AvgIpc) is 3.16. The van der Waals surface area contributed by atoms with Gasteiger partial charge in [-0.3, -0.25) is 4.79 Å². The van der Waals surface area contributed by atoms with E-state index in [1.54, 1.807) is 12.5 Å². The molecule has 0 spiro atoms. The summed E-state index contributed by atoms with van der Waals surface area (Å²) in [4.78, 5) is 15.8. The van der Waals surface area contributed by atoms with Crippen LogP contribution in [-0.4, -0.2) is 14.7 Å².